The number of aromatic nitrogens is 1. The van der Waals surface area contributed by atoms with E-state index in [2.05, 4.69) is 21.7 Å². The second-order valence-electron chi connectivity index (χ2n) is 6.37. The van der Waals surface area contributed by atoms with Crippen LogP contribution in [-0.4, -0.2) is 30.5 Å². The van der Waals surface area contributed by atoms with E-state index in [1.807, 2.05) is 26.0 Å². The van der Waals surface area contributed by atoms with Gasteiger partial charge in [0.1, 0.15) is 17.3 Å². The number of benzene rings is 2. The molecule has 144 valence electrons. The fourth-order valence-corrected chi connectivity index (χ4v) is 3.64. The van der Waals surface area contributed by atoms with Crippen molar-refractivity contribution in [3.63, 3.8) is 0 Å². The Morgan fingerprint density at radius 3 is 2.54 bits per heavy atom. The molecule has 2 amide bonds. The number of nitrogens with one attached hydrogen (secondary N) is 2. The first-order chi connectivity index (χ1) is 13.5. The van der Waals surface area contributed by atoms with Crippen LogP contribution in [0.25, 0.3) is 10.6 Å². The van der Waals surface area contributed by atoms with Gasteiger partial charge in [0, 0.05) is 29.4 Å². The van der Waals surface area contributed by atoms with E-state index in [9.17, 15) is 9.59 Å². The summed E-state index contributed by atoms with van der Waals surface area (Å²) in [6.07, 6.45) is 0. The molecule has 7 heteroatoms. The van der Waals surface area contributed by atoms with Crippen molar-refractivity contribution in [1.82, 2.24) is 4.98 Å². The maximum absolute atomic E-state index is 12.6. The Bertz CT molecular complexity index is 1010. The van der Waals surface area contributed by atoms with Crippen LogP contribution >= 0.6 is 11.3 Å². The highest BCUT2D eigenvalue weighted by Gasteiger charge is 2.14. The molecule has 3 aromatic rings. The minimum atomic E-state index is -0.298. The Labute approximate surface area is 167 Å². The number of methoxy groups -OCH3 is 1. The standard InChI is InChI=1S/C21H21N3O3S/c1-13-7-8-17(14(2)9-13)21-24-18(12-28-21)20(26)23-16-6-4-5-15(10-16)22-19(25)11-27-3/h4-10,12H,11H2,1-3H3,(H,22,25)(H,23,26). The van der Waals surface area contributed by atoms with Crippen LogP contribution in [0.3, 0.4) is 0 Å². The summed E-state index contributed by atoms with van der Waals surface area (Å²) < 4.78 is 4.79. The van der Waals surface area contributed by atoms with Gasteiger partial charge in [-0.15, -0.1) is 11.3 Å². The van der Waals surface area contributed by atoms with Gasteiger partial charge < -0.3 is 15.4 Å². The van der Waals surface area contributed by atoms with Crippen molar-refractivity contribution < 1.29 is 14.3 Å². The lowest BCUT2D eigenvalue weighted by atomic mass is 10.1. The topological polar surface area (TPSA) is 80.3 Å². The number of rotatable bonds is 6. The van der Waals surface area contributed by atoms with Crippen LogP contribution in [0.2, 0.25) is 0 Å². The molecule has 2 N–H and O–H groups in total. The smallest absolute Gasteiger partial charge is 0.275 e. The third kappa shape index (κ3) is 4.82. The maximum Gasteiger partial charge on any atom is 0.275 e. The van der Waals surface area contributed by atoms with Crippen molar-refractivity contribution in [2.75, 3.05) is 24.4 Å². The molecule has 0 aliphatic carbocycles. The van der Waals surface area contributed by atoms with Crippen molar-refractivity contribution in [2.24, 2.45) is 0 Å². The molecule has 3 rings (SSSR count). The highest BCUT2D eigenvalue weighted by molar-refractivity contribution is 7.13. The summed E-state index contributed by atoms with van der Waals surface area (Å²) in [7, 11) is 1.45. The van der Waals surface area contributed by atoms with Crippen LogP contribution in [0.5, 0.6) is 0 Å². The Morgan fingerprint density at radius 1 is 1.07 bits per heavy atom. The molecule has 0 unspecified atom stereocenters. The first-order valence-electron chi connectivity index (χ1n) is 8.69. The second kappa shape index (κ2) is 8.77. The van der Waals surface area contributed by atoms with E-state index in [0.29, 0.717) is 17.1 Å². The number of carbonyl (C=O) groups excluding carboxylic acids is 2. The fraction of sp³-hybridized carbons (Fsp3) is 0.190. The average Bonchev–Trinajstić information content (AvgIpc) is 3.12. The Hall–Kier alpha value is -3.03. The Balaban J connectivity index is 1.72. The molecule has 0 saturated heterocycles. The summed E-state index contributed by atoms with van der Waals surface area (Å²) >= 11 is 1.44. The SMILES string of the molecule is COCC(=O)Nc1cccc(NC(=O)c2csc(-c3ccc(C)cc3C)n2)c1. The summed E-state index contributed by atoms with van der Waals surface area (Å²) in [6, 6.07) is 13.1. The molecule has 2 aromatic carbocycles. The van der Waals surface area contributed by atoms with E-state index in [1.54, 1.807) is 29.6 Å². The summed E-state index contributed by atoms with van der Waals surface area (Å²) in [5.41, 5.74) is 4.84. The Kier molecular flexibility index (Phi) is 6.18. The van der Waals surface area contributed by atoms with Gasteiger partial charge in [-0.3, -0.25) is 9.59 Å². The molecular formula is C21H21N3O3S. The van der Waals surface area contributed by atoms with Gasteiger partial charge in [-0.25, -0.2) is 4.98 Å². The van der Waals surface area contributed by atoms with E-state index >= 15 is 0 Å². The highest BCUT2D eigenvalue weighted by Crippen LogP contribution is 2.28. The quantitative estimate of drug-likeness (QED) is 0.653. The molecule has 0 saturated carbocycles. The predicted molar refractivity (Wildman–Crippen MR) is 112 cm³/mol. The van der Waals surface area contributed by atoms with E-state index in [1.165, 1.54) is 24.0 Å². The molecule has 28 heavy (non-hydrogen) atoms. The molecule has 0 aliphatic rings. The predicted octanol–water partition coefficient (Wildman–Crippen LogP) is 4.26. The largest absolute Gasteiger partial charge is 0.375 e. The lowest BCUT2D eigenvalue weighted by molar-refractivity contribution is -0.119. The van der Waals surface area contributed by atoms with Crippen molar-refractivity contribution >= 4 is 34.5 Å². The molecule has 0 fully saturated rings. The zero-order valence-electron chi connectivity index (χ0n) is 15.9. The second-order valence-corrected chi connectivity index (χ2v) is 7.23. The van der Waals surface area contributed by atoms with Gasteiger partial charge in [0.15, 0.2) is 0 Å². The van der Waals surface area contributed by atoms with E-state index < -0.39 is 0 Å². The van der Waals surface area contributed by atoms with Crippen LogP contribution in [0.15, 0.2) is 47.8 Å². The van der Waals surface area contributed by atoms with Crippen LogP contribution in [0.4, 0.5) is 11.4 Å². The maximum atomic E-state index is 12.6. The zero-order chi connectivity index (χ0) is 20.1. The number of thiazole rings is 1. The molecule has 0 atom stereocenters. The first-order valence-corrected chi connectivity index (χ1v) is 9.57. The normalized spacial score (nSPS) is 10.5. The van der Waals surface area contributed by atoms with Crippen LogP contribution in [0.1, 0.15) is 21.6 Å². The fourth-order valence-electron chi connectivity index (χ4n) is 2.75. The first kappa shape index (κ1) is 19.7. The number of amides is 2. The number of hydrogen-bond donors (Lipinski definition) is 2. The van der Waals surface area contributed by atoms with Crippen LogP contribution in [-0.2, 0) is 9.53 Å². The van der Waals surface area contributed by atoms with Crippen molar-refractivity contribution in [2.45, 2.75) is 13.8 Å². The minimum Gasteiger partial charge on any atom is -0.375 e. The van der Waals surface area contributed by atoms with Crippen molar-refractivity contribution in [3.05, 3.63) is 64.7 Å². The van der Waals surface area contributed by atoms with E-state index in [0.717, 1.165) is 16.1 Å². The Morgan fingerprint density at radius 2 is 1.82 bits per heavy atom. The van der Waals surface area contributed by atoms with Gasteiger partial charge in [-0.2, -0.15) is 0 Å². The molecule has 6 nitrogen and oxygen atoms in total. The minimum absolute atomic E-state index is 0.0311. The van der Waals surface area contributed by atoms with Crippen molar-refractivity contribution in [3.8, 4) is 10.6 Å². The summed E-state index contributed by atoms with van der Waals surface area (Å²) in [4.78, 5) is 28.7. The third-order valence-electron chi connectivity index (χ3n) is 4.03. The number of aryl methyl sites for hydroxylation is 2. The molecule has 1 heterocycles. The number of nitrogens with zero attached hydrogens (tertiary/aromatic N) is 1. The van der Waals surface area contributed by atoms with Gasteiger partial charge in [0.05, 0.1) is 0 Å². The van der Waals surface area contributed by atoms with E-state index in [4.69, 9.17) is 4.74 Å². The van der Waals surface area contributed by atoms with Gasteiger partial charge in [0.2, 0.25) is 5.91 Å². The molecule has 0 aliphatic heterocycles. The zero-order valence-corrected chi connectivity index (χ0v) is 16.7. The lowest BCUT2D eigenvalue weighted by Crippen LogP contribution is -2.17. The van der Waals surface area contributed by atoms with E-state index in [-0.39, 0.29) is 18.4 Å². The number of hydrogen-bond acceptors (Lipinski definition) is 5. The van der Waals surface area contributed by atoms with Crippen molar-refractivity contribution in [1.29, 1.82) is 0 Å². The number of anilines is 2. The van der Waals surface area contributed by atoms with Gasteiger partial charge in [0.25, 0.3) is 5.91 Å². The van der Waals surface area contributed by atoms with Gasteiger partial charge in [-0.05, 0) is 37.6 Å². The average molecular weight is 395 g/mol. The van der Waals surface area contributed by atoms with Gasteiger partial charge in [-0.1, -0.05) is 29.8 Å². The molecular weight excluding hydrogens is 374 g/mol. The van der Waals surface area contributed by atoms with Crippen LogP contribution < -0.4 is 10.6 Å². The summed E-state index contributed by atoms with van der Waals surface area (Å²) in [5.74, 6) is -0.559. The molecule has 0 radical (unpaired) electrons. The number of ether oxygens (including phenoxy) is 1. The molecule has 0 bridgehead atoms. The summed E-state index contributed by atoms with van der Waals surface area (Å²) in [5, 5.41) is 8.07. The number of carbonyl (C=O) groups is 2. The molecule has 0 spiro atoms. The third-order valence-corrected chi connectivity index (χ3v) is 4.90. The van der Waals surface area contributed by atoms with Gasteiger partial charge >= 0.3 is 0 Å². The highest BCUT2D eigenvalue weighted by atomic mass is 32.1. The monoisotopic (exact) mass is 395 g/mol. The summed E-state index contributed by atoms with van der Waals surface area (Å²) in [6.45, 7) is 4.05. The lowest BCUT2D eigenvalue weighted by Gasteiger charge is -2.08. The van der Waals surface area contributed by atoms with Crippen LogP contribution in [0, 0.1) is 13.8 Å². The molecule has 1 aromatic heterocycles.